The van der Waals surface area contributed by atoms with E-state index in [1.165, 1.54) is 0 Å². The third-order valence-electron chi connectivity index (χ3n) is 4.25. The maximum absolute atomic E-state index is 12.4. The molecule has 0 bridgehead atoms. The molecule has 0 aromatic heterocycles. The van der Waals surface area contributed by atoms with Crippen LogP contribution < -0.4 is 0 Å². The van der Waals surface area contributed by atoms with Crippen LogP contribution in [0.5, 0.6) is 0 Å². The summed E-state index contributed by atoms with van der Waals surface area (Å²) in [5, 5.41) is 8.62. The Morgan fingerprint density at radius 2 is 2.00 bits per heavy atom. The van der Waals surface area contributed by atoms with Crippen LogP contribution in [0.2, 0.25) is 0 Å². The van der Waals surface area contributed by atoms with Crippen LogP contribution in [0.3, 0.4) is 0 Å². The summed E-state index contributed by atoms with van der Waals surface area (Å²) in [6, 6.07) is 0.332. The predicted molar refractivity (Wildman–Crippen MR) is 73.5 cm³/mol. The Hall–Kier alpha value is -1.30. The number of urea groups is 1. The van der Waals surface area contributed by atoms with E-state index >= 15 is 0 Å². The minimum Gasteiger partial charge on any atom is -0.480 e. The van der Waals surface area contributed by atoms with Crippen LogP contribution in [0.1, 0.15) is 33.6 Å². The van der Waals surface area contributed by atoms with E-state index < -0.39 is 11.6 Å². The van der Waals surface area contributed by atoms with Gasteiger partial charge >= 0.3 is 12.0 Å². The molecule has 6 nitrogen and oxygen atoms in total. The Labute approximate surface area is 119 Å². The lowest BCUT2D eigenvalue weighted by Crippen LogP contribution is -2.66. The quantitative estimate of drug-likeness (QED) is 0.850. The van der Waals surface area contributed by atoms with Gasteiger partial charge in [-0.25, -0.2) is 9.59 Å². The fraction of sp³-hybridized carbons (Fsp3) is 0.857. The van der Waals surface area contributed by atoms with E-state index in [1.807, 2.05) is 11.8 Å². The van der Waals surface area contributed by atoms with Crippen molar-refractivity contribution >= 4 is 12.0 Å². The van der Waals surface area contributed by atoms with Crippen molar-refractivity contribution in [2.24, 2.45) is 5.92 Å². The summed E-state index contributed by atoms with van der Waals surface area (Å²) in [7, 11) is 0. The summed E-state index contributed by atoms with van der Waals surface area (Å²) in [4.78, 5) is 26.6. The SMILES string of the molecule is CC1CCN(C(=O)N2CC(C)(OCC(=O)O)C2)C(C)C1. The van der Waals surface area contributed by atoms with E-state index in [9.17, 15) is 9.59 Å². The predicted octanol–water partition coefficient (Wildman–Crippen LogP) is 1.40. The number of nitrogens with zero attached hydrogens (tertiary/aromatic N) is 2. The summed E-state index contributed by atoms with van der Waals surface area (Å²) in [6.45, 7) is 7.60. The molecule has 2 aliphatic heterocycles. The molecule has 2 amide bonds. The monoisotopic (exact) mass is 284 g/mol. The van der Waals surface area contributed by atoms with Crippen molar-refractivity contribution < 1.29 is 19.4 Å². The Kier molecular flexibility index (Phi) is 4.22. The zero-order valence-electron chi connectivity index (χ0n) is 12.5. The summed E-state index contributed by atoms with van der Waals surface area (Å²) in [5.74, 6) is -0.302. The fourth-order valence-electron chi connectivity index (χ4n) is 3.10. The van der Waals surface area contributed by atoms with Crippen LogP contribution in [0.4, 0.5) is 4.79 Å². The molecule has 0 aromatic rings. The molecule has 2 aliphatic rings. The Bertz CT molecular complexity index is 393. The molecule has 2 heterocycles. The zero-order chi connectivity index (χ0) is 14.9. The van der Waals surface area contributed by atoms with E-state index in [1.54, 1.807) is 4.90 Å². The first kappa shape index (κ1) is 15.1. The first-order valence-corrected chi connectivity index (χ1v) is 7.22. The summed E-state index contributed by atoms with van der Waals surface area (Å²) in [6.07, 6.45) is 2.10. The Morgan fingerprint density at radius 3 is 2.55 bits per heavy atom. The van der Waals surface area contributed by atoms with Gasteiger partial charge in [-0.15, -0.1) is 0 Å². The molecule has 0 aliphatic carbocycles. The van der Waals surface area contributed by atoms with Crippen molar-refractivity contribution in [3.63, 3.8) is 0 Å². The van der Waals surface area contributed by atoms with Gasteiger partial charge in [-0.1, -0.05) is 6.92 Å². The molecule has 0 aromatic carbocycles. The van der Waals surface area contributed by atoms with Gasteiger partial charge < -0.3 is 19.6 Å². The minimum absolute atomic E-state index is 0.0563. The van der Waals surface area contributed by atoms with Crippen LogP contribution >= 0.6 is 0 Å². The zero-order valence-corrected chi connectivity index (χ0v) is 12.5. The molecule has 2 unspecified atom stereocenters. The van der Waals surface area contributed by atoms with Gasteiger partial charge in [0.1, 0.15) is 12.2 Å². The van der Waals surface area contributed by atoms with Gasteiger partial charge in [-0.2, -0.15) is 0 Å². The number of carbonyl (C=O) groups excluding carboxylic acids is 1. The highest BCUT2D eigenvalue weighted by Gasteiger charge is 2.45. The molecular weight excluding hydrogens is 260 g/mol. The van der Waals surface area contributed by atoms with Crippen LogP contribution in [0.25, 0.3) is 0 Å². The molecule has 20 heavy (non-hydrogen) atoms. The van der Waals surface area contributed by atoms with Gasteiger partial charge in [-0.3, -0.25) is 0 Å². The number of carboxylic acids is 1. The standard InChI is InChI=1S/C14H24N2O4/c1-10-4-5-16(11(2)6-10)13(19)15-8-14(3,9-15)20-7-12(17)18/h10-11H,4-9H2,1-3H3,(H,17,18). The Balaban J connectivity index is 1.83. The molecular formula is C14H24N2O4. The molecule has 2 rings (SSSR count). The first-order chi connectivity index (χ1) is 9.31. The highest BCUT2D eigenvalue weighted by molar-refractivity contribution is 5.76. The molecule has 114 valence electrons. The lowest BCUT2D eigenvalue weighted by Gasteiger charge is -2.50. The molecule has 6 heteroatoms. The highest BCUT2D eigenvalue weighted by atomic mass is 16.5. The third-order valence-corrected chi connectivity index (χ3v) is 4.25. The average Bonchev–Trinajstić information content (AvgIpc) is 2.32. The van der Waals surface area contributed by atoms with Crippen molar-refractivity contribution in [3.8, 4) is 0 Å². The first-order valence-electron chi connectivity index (χ1n) is 7.22. The topological polar surface area (TPSA) is 70.1 Å². The van der Waals surface area contributed by atoms with Crippen LogP contribution in [-0.2, 0) is 9.53 Å². The number of likely N-dealkylation sites (tertiary alicyclic amines) is 2. The molecule has 1 N–H and O–H groups in total. The second-order valence-corrected chi connectivity index (χ2v) is 6.44. The van der Waals surface area contributed by atoms with E-state index in [-0.39, 0.29) is 18.7 Å². The van der Waals surface area contributed by atoms with Gasteiger partial charge in [0.15, 0.2) is 0 Å². The number of amides is 2. The third kappa shape index (κ3) is 3.23. The van der Waals surface area contributed by atoms with Crippen LogP contribution in [0.15, 0.2) is 0 Å². The number of rotatable bonds is 3. The largest absolute Gasteiger partial charge is 0.480 e. The van der Waals surface area contributed by atoms with Gasteiger partial charge in [-0.05, 0) is 32.6 Å². The van der Waals surface area contributed by atoms with Gasteiger partial charge in [0, 0.05) is 12.6 Å². The second-order valence-electron chi connectivity index (χ2n) is 6.44. The number of piperidine rings is 1. The minimum atomic E-state index is -0.977. The number of aliphatic carboxylic acids is 1. The average molecular weight is 284 g/mol. The molecule has 2 atom stereocenters. The summed E-state index contributed by atoms with van der Waals surface area (Å²) < 4.78 is 5.33. The smallest absolute Gasteiger partial charge is 0.329 e. The number of hydrogen-bond acceptors (Lipinski definition) is 3. The number of carboxylic acid groups (broad SMARTS) is 1. The lowest BCUT2D eigenvalue weighted by molar-refractivity contribution is -0.160. The van der Waals surface area contributed by atoms with E-state index in [0.717, 1.165) is 19.4 Å². The lowest BCUT2D eigenvalue weighted by atomic mass is 9.92. The molecule has 0 saturated carbocycles. The van der Waals surface area contributed by atoms with E-state index in [0.29, 0.717) is 19.0 Å². The van der Waals surface area contributed by atoms with Crippen molar-refractivity contribution in [1.29, 1.82) is 0 Å². The van der Waals surface area contributed by atoms with Crippen molar-refractivity contribution in [2.45, 2.75) is 45.3 Å². The Morgan fingerprint density at radius 1 is 1.35 bits per heavy atom. The number of ether oxygens (including phenoxy) is 1. The highest BCUT2D eigenvalue weighted by Crippen LogP contribution is 2.29. The number of carbonyl (C=O) groups is 2. The summed E-state index contributed by atoms with van der Waals surface area (Å²) >= 11 is 0. The fourth-order valence-corrected chi connectivity index (χ4v) is 3.10. The van der Waals surface area contributed by atoms with E-state index in [2.05, 4.69) is 13.8 Å². The molecule has 2 fully saturated rings. The van der Waals surface area contributed by atoms with Crippen molar-refractivity contribution in [2.75, 3.05) is 26.2 Å². The van der Waals surface area contributed by atoms with Gasteiger partial charge in [0.05, 0.1) is 13.1 Å². The molecule has 0 radical (unpaired) electrons. The van der Waals surface area contributed by atoms with Crippen molar-refractivity contribution in [3.05, 3.63) is 0 Å². The van der Waals surface area contributed by atoms with Crippen LogP contribution in [0, 0.1) is 5.92 Å². The maximum Gasteiger partial charge on any atom is 0.329 e. The maximum atomic E-state index is 12.4. The second kappa shape index (κ2) is 5.60. The summed E-state index contributed by atoms with van der Waals surface area (Å²) in [5.41, 5.74) is -0.514. The number of hydrogen-bond donors (Lipinski definition) is 1. The van der Waals surface area contributed by atoms with Crippen molar-refractivity contribution in [1.82, 2.24) is 9.80 Å². The molecule has 0 spiro atoms. The van der Waals surface area contributed by atoms with Gasteiger partial charge in [0.25, 0.3) is 0 Å². The van der Waals surface area contributed by atoms with Crippen LogP contribution in [-0.4, -0.2) is 64.8 Å². The van der Waals surface area contributed by atoms with E-state index in [4.69, 9.17) is 9.84 Å². The molecule has 2 saturated heterocycles. The van der Waals surface area contributed by atoms with Gasteiger partial charge in [0.2, 0.25) is 0 Å². The normalized spacial score (nSPS) is 28.9.